The van der Waals surface area contributed by atoms with Gasteiger partial charge in [-0.3, -0.25) is 0 Å². The summed E-state index contributed by atoms with van der Waals surface area (Å²) in [7, 11) is 0. The lowest BCUT2D eigenvalue weighted by atomic mass is 10.1. The van der Waals surface area contributed by atoms with Crippen LogP contribution in [0.15, 0.2) is 54.6 Å². The van der Waals surface area contributed by atoms with Gasteiger partial charge in [0.1, 0.15) is 11.5 Å². The molecule has 0 radical (unpaired) electrons. The van der Waals surface area contributed by atoms with Gasteiger partial charge in [0, 0.05) is 32.7 Å². The molecule has 1 heterocycles. The molecular formula is C19H21F3N2O2. The molecule has 1 aliphatic rings. The molecule has 0 N–H and O–H groups in total. The number of hydrogen-bond acceptors (Lipinski definition) is 4. The lowest BCUT2D eigenvalue weighted by Crippen LogP contribution is -2.48. The summed E-state index contributed by atoms with van der Waals surface area (Å²) in [6.07, 6.45) is -4.16. The number of piperazine rings is 1. The average molecular weight is 366 g/mol. The van der Waals surface area contributed by atoms with Crippen LogP contribution in [-0.4, -0.2) is 49.0 Å². The highest BCUT2D eigenvalue weighted by Gasteiger charge is 2.32. The maximum absolute atomic E-state index is 12.5. The number of nitrogens with zero attached hydrogens (tertiary/aromatic N) is 2. The predicted molar refractivity (Wildman–Crippen MR) is 91.9 cm³/mol. The van der Waals surface area contributed by atoms with Crippen LogP contribution in [0.3, 0.4) is 0 Å². The van der Waals surface area contributed by atoms with Gasteiger partial charge >= 0.3 is 6.36 Å². The van der Waals surface area contributed by atoms with Crippen LogP contribution in [0.5, 0.6) is 11.5 Å². The molecule has 26 heavy (non-hydrogen) atoms. The molecule has 0 aliphatic carbocycles. The fourth-order valence-electron chi connectivity index (χ4n) is 2.89. The van der Waals surface area contributed by atoms with Gasteiger partial charge in [0.25, 0.3) is 0 Å². The molecule has 3 rings (SSSR count). The molecule has 0 amide bonds. The summed E-state index contributed by atoms with van der Waals surface area (Å²) >= 11 is 0. The van der Waals surface area contributed by atoms with Crippen molar-refractivity contribution in [1.29, 1.82) is 0 Å². The molecule has 0 aromatic heterocycles. The Balaban J connectivity index is 1.47. The number of halogens is 3. The molecule has 2 aromatic carbocycles. The maximum atomic E-state index is 12.5. The van der Waals surface area contributed by atoms with Crippen molar-refractivity contribution in [2.75, 3.05) is 32.7 Å². The van der Waals surface area contributed by atoms with E-state index in [2.05, 4.69) is 9.64 Å². The van der Waals surface area contributed by atoms with Crippen LogP contribution in [0.4, 0.5) is 13.2 Å². The van der Waals surface area contributed by atoms with Crippen LogP contribution in [0.2, 0.25) is 0 Å². The Morgan fingerprint density at radius 2 is 1.50 bits per heavy atom. The van der Waals surface area contributed by atoms with Crippen LogP contribution >= 0.6 is 0 Å². The minimum Gasteiger partial charge on any atom is -0.406 e. The smallest absolute Gasteiger partial charge is 0.406 e. The van der Waals surface area contributed by atoms with E-state index in [1.54, 1.807) is 18.2 Å². The molecule has 0 bridgehead atoms. The first-order valence-electron chi connectivity index (χ1n) is 8.53. The van der Waals surface area contributed by atoms with E-state index in [1.807, 2.05) is 35.4 Å². The molecule has 140 valence electrons. The van der Waals surface area contributed by atoms with Crippen molar-refractivity contribution in [1.82, 2.24) is 9.96 Å². The van der Waals surface area contributed by atoms with Crippen LogP contribution in [0, 0.1) is 0 Å². The largest absolute Gasteiger partial charge is 0.573 e. The Kier molecular flexibility index (Phi) is 6.00. The first-order valence-corrected chi connectivity index (χ1v) is 8.53. The maximum Gasteiger partial charge on any atom is 0.573 e. The van der Waals surface area contributed by atoms with E-state index in [1.165, 1.54) is 6.07 Å². The molecule has 7 heteroatoms. The van der Waals surface area contributed by atoms with Crippen molar-refractivity contribution in [3.63, 3.8) is 0 Å². The molecule has 1 fully saturated rings. The van der Waals surface area contributed by atoms with E-state index in [-0.39, 0.29) is 5.75 Å². The van der Waals surface area contributed by atoms with Crippen LogP contribution in [-0.2, 0) is 6.42 Å². The average Bonchev–Trinajstić information content (AvgIpc) is 2.62. The SMILES string of the molecule is FC(F)(F)Oc1ccccc1CCN1CCN(Oc2ccccc2)CC1. The van der Waals surface area contributed by atoms with E-state index in [0.717, 1.165) is 31.9 Å². The third-order valence-electron chi connectivity index (χ3n) is 4.20. The summed E-state index contributed by atoms with van der Waals surface area (Å²) in [6, 6.07) is 15.9. The lowest BCUT2D eigenvalue weighted by molar-refractivity contribution is -0.274. The minimum atomic E-state index is -4.67. The van der Waals surface area contributed by atoms with Crippen LogP contribution < -0.4 is 9.57 Å². The fraction of sp³-hybridized carbons (Fsp3) is 0.368. The Labute approximate surface area is 150 Å². The quantitative estimate of drug-likeness (QED) is 0.778. The van der Waals surface area contributed by atoms with E-state index in [4.69, 9.17) is 4.84 Å². The number of ether oxygens (including phenoxy) is 1. The molecular weight excluding hydrogens is 345 g/mol. The van der Waals surface area contributed by atoms with Crippen molar-refractivity contribution in [3.8, 4) is 11.5 Å². The van der Waals surface area contributed by atoms with Crippen LogP contribution in [0.1, 0.15) is 5.56 Å². The highest BCUT2D eigenvalue weighted by Crippen LogP contribution is 2.26. The Bertz CT molecular complexity index is 687. The molecule has 0 unspecified atom stereocenters. The van der Waals surface area contributed by atoms with Gasteiger partial charge < -0.3 is 14.5 Å². The van der Waals surface area contributed by atoms with Gasteiger partial charge in [0.05, 0.1) is 0 Å². The standard InChI is InChI=1S/C19H21F3N2O2/c20-19(21,22)25-18-9-5-4-6-16(18)10-11-23-12-14-24(15-13-23)26-17-7-2-1-3-8-17/h1-9H,10-15H2. The number of hydrogen-bond donors (Lipinski definition) is 0. The first-order chi connectivity index (χ1) is 12.5. The second kappa shape index (κ2) is 8.42. The molecule has 0 atom stereocenters. The van der Waals surface area contributed by atoms with Gasteiger partial charge in [0.2, 0.25) is 0 Å². The van der Waals surface area contributed by atoms with Gasteiger partial charge in [-0.25, -0.2) is 0 Å². The summed E-state index contributed by atoms with van der Waals surface area (Å²) in [5.41, 5.74) is 0.563. The second-order valence-corrected chi connectivity index (χ2v) is 6.08. The third kappa shape index (κ3) is 5.64. The number of rotatable bonds is 6. The molecule has 1 saturated heterocycles. The van der Waals surface area contributed by atoms with Crippen molar-refractivity contribution >= 4 is 0 Å². The third-order valence-corrected chi connectivity index (χ3v) is 4.20. The van der Waals surface area contributed by atoms with Gasteiger partial charge in [-0.15, -0.1) is 18.2 Å². The van der Waals surface area contributed by atoms with Crippen LogP contribution in [0.25, 0.3) is 0 Å². The zero-order valence-corrected chi connectivity index (χ0v) is 14.3. The molecule has 0 saturated carbocycles. The molecule has 1 aliphatic heterocycles. The topological polar surface area (TPSA) is 24.9 Å². The molecule has 4 nitrogen and oxygen atoms in total. The monoisotopic (exact) mass is 366 g/mol. The number of para-hydroxylation sites is 2. The zero-order chi connectivity index (χ0) is 18.4. The normalized spacial score (nSPS) is 16.4. The number of alkyl halides is 3. The highest BCUT2D eigenvalue weighted by molar-refractivity contribution is 5.33. The summed E-state index contributed by atoms with van der Waals surface area (Å²) in [4.78, 5) is 8.02. The van der Waals surface area contributed by atoms with E-state index < -0.39 is 6.36 Å². The Hall–Kier alpha value is -2.25. The Morgan fingerprint density at radius 1 is 0.846 bits per heavy atom. The Morgan fingerprint density at radius 3 is 2.19 bits per heavy atom. The predicted octanol–water partition coefficient (Wildman–Crippen LogP) is 3.74. The first kappa shape index (κ1) is 18.5. The van der Waals surface area contributed by atoms with Crippen molar-refractivity contribution < 1.29 is 22.7 Å². The summed E-state index contributed by atoms with van der Waals surface area (Å²) < 4.78 is 41.6. The summed E-state index contributed by atoms with van der Waals surface area (Å²) in [6.45, 7) is 3.77. The fourth-order valence-corrected chi connectivity index (χ4v) is 2.89. The van der Waals surface area contributed by atoms with Crippen molar-refractivity contribution in [3.05, 3.63) is 60.2 Å². The van der Waals surface area contributed by atoms with E-state index in [0.29, 0.717) is 18.5 Å². The van der Waals surface area contributed by atoms with Gasteiger partial charge in [-0.1, -0.05) is 36.4 Å². The minimum absolute atomic E-state index is 0.119. The number of benzene rings is 2. The van der Waals surface area contributed by atoms with E-state index >= 15 is 0 Å². The number of hydroxylamine groups is 2. The second-order valence-electron chi connectivity index (χ2n) is 6.08. The zero-order valence-electron chi connectivity index (χ0n) is 14.3. The summed E-state index contributed by atoms with van der Waals surface area (Å²) in [5.74, 6) is 0.685. The molecule has 2 aromatic rings. The van der Waals surface area contributed by atoms with Gasteiger partial charge in [-0.05, 0) is 30.2 Å². The summed E-state index contributed by atoms with van der Waals surface area (Å²) in [5, 5.41) is 1.91. The van der Waals surface area contributed by atoms with Gasteiger partial charge in [0.15, 0.2) is 0 Å². The van der Waals surface area contributed by atoms with Crippen molar-refractivity contribution in [2.45, 2.75) is 12.8 Å². The molecule has 0 spiro atoms. The van der Waals surface area contributed by atoms with Crippen molar-refractivity contribution in [2.24, 2.45) is 0 Å². The van der Waals surface area contributed by atoms with E-state index in [9.17, 15) is 13.2 Å². The van der Waals surface area contributed by atoms with Gasteiger partial charge in [-0.2, -0.15) is 0 Å². The highest BCUT2D eigenvalue weighted by atomic mass is 19.4. The lowest BCUT2D eigenvalue weighted by Gasteiger charge is -2.34.